The number of aliphatic hydroxyl groups is 1. The SMILES string of the molecule is O=C(CCc1ccc(O)cc1)C1=C(O)C(=O)N(c2ccc(Cl)cc2)C1C1CCCCC1. The fourth-order valence-corrected chi connectivity index (χ4v) is 4.88. The van der Waals surface area contributed by atoms with Crippen molar-refractivity contribution in [1.29, 1.82) is 0 Å². The molecule has 1 amide bonds. The van der Waals surface area contributed by atoms with Crippen LogP contribution in [0.15, 0.2) is 59.9 Å². The third-order valence-electron chi connectivity index (χ3n) is 6.33. The number of amides is 1. The normalized spacial score (nSPS) is 19.8. The Morgan fingerprint density at radius 1 is 0.968 bits per heavy atom. The number of phenols is 1. The van der Waals surface area contributed by atoms with Crippen molar-refractivity contribution in [3.8, 4) is 5.75 Å². The molecule has 0 radical (unpaired) electrons. The van der Waals surface area contributed by atoms with Gasteiger partial charge in [-0.1, -0.05) is 43.0 Å². The van der Waals surface area contributed by atoms with Gasteiger partial charge in [0.25, 0.3) is 5.91 Å². The molecule has 162 valence electrons. The van der Waals surface area contributed by atoms with Crippen molar-refractivity contribution < 1.29 is 19.8 Å². The standard InChI is InChI=1S/C25H26ClNO4/c26-18-9-11-19(12-10-18)27-23(17-4-2-1-3-5-17)22(24(30)25(27)31)21(29)15-8-16-6-13-20(28)14-7-16/h6-7,9-14,17,23,28,30H,1-5,8,15H2. The summed E-state index contributed by atoms with van der Waals surface area (Å²) in [6.45, 7) is 0. The van der Waals surface area contributed by atoms with E-state index in [1.54, 1.807) is 53.4 Å². The zero-order valence-electron chi connectivity index (χ0n) is 17.3. The predicted molar refractivity (Wildman–Crippen MR) is 120 cm³/mol. The van der Waals surface area contributed by atoms with Crippen LogP contribution in [0.3, 0.4) is 0 Å². The maximum absolute atomic E-state index is 13.3. The molecule has 1 fully saturated rings. The highest BCUT2D eigenvalue weighted by atomic mass is 35.5. The molecule has 1 unspecified atom stereocenters. The van der Waals surface area contributed by atoms with E-state index in [0.717, 1.165) is 37.7 Å². The van der Waals surface area contributed by atoms with Gasteiger partial charge in [-0.3, -0.25) is 14.5 Å². The van der Waals surface area contributed by atoms with Crippen molar-refractivity contribution in [3.63, 3.8) is 0 Å². The van der Waals surface area contributed by atoms with Crippen LogP contribution in [0.4, 0.5) is 5.69 Å². The average molecular weight is 440 g/mol. The smallest absolute Gasteiger partial charge is 0.294 e. The third kappa shape index (κ3) is 4.47. The lowest BCUT2D eigenvalue weighted by Crippen LogP contribution is -2.42. The van der Waals surface area contributed by atoms with E-state index in [0.29, 0.717) is 17.1 Å². The number of rotatable bonds is 6. The lowest BCUT2D eigenvalue weighted by Gasteiger charge is -2.35. The van der Waals surface area contributed by atoms with E-state index in [2.05, 4.69) is 0 Å². The quantitative estimate of drug-likeness (QED) is 0.635. The average Bonchev–Trinajstić information content (AvgIpc) is 3.05. The molecular weight excluding hydrogens is 414 g/mol. The van der Waals surface area contributed by atoms with E-state index < -0.39 is 17.7 Å². The van der Waals surface area contributed by atoms with E-state index in [1.165, 1.54) is 0 Å². The number of hydrogen-bond donors (Lipinski definition) is 2. The summed E-state index contributed by atoms with van der Waals surface area (Å²) in [4.78, 5) is 27.9. The number of Topliss-reactive ketones (excluding diaryl/α,β-unsaturated/α-hetero) is 1. The summed E-state index contributed by atoms with van der Waals surface area (Å²) in [5.74, 6) is -0.850. The van der Waals surface area contributed by atoms with Crippen LogP contribution in [-0.2, 0) is 16.0 Å². The van der Waals surface area contributed by atoms with Crippen molar-refractivity contribution in [3.05, 3.63) is 70.4 Å². The molecule has 2 aromatic carbocycles. The summed E-state index contributed by atoms with van der Waals surface area (Å²) in [5, 5.41) is 20.8. The number of carbonyl (C=O) groups excluding carboxylic acids is 2. The van der Waals surface area contributed by atoms with Crippen molar-refractivity contribution in [1.82, 2.24) is 0 Å². The molecule has 0 spiro atoms. The zero-order chi connectivity index (χ0) is 22.0. The van der Waals surface area contributed by atoms with Gasteiger partial charge in [0, 0.05) is 17.1 Å². The van der Waals surface area contributed by atoms with Gasteiger partial charge in [-0.15, -0.1) is 0 Å². The number of phenolic OH excluding ortho intramolecular Hbond substituents is 1. The molecule has 1 aliphatic carbocycles. The molecule has 2 aliphatic rings. The Morgan fingerprint density at radius 3 is 2.26 bits per heavy atom. The Morgan fingerprint density at radius 2 is 1.61 bits per heavy atom. The molecule has 5 nitrogen and oxygen atoms in total. The monoisotopic (exact) mass is 439 g/mol. The van der Waals surface area contributed by atoms with Gasteiger partial charge in [0.05, 0.1) is 11.6 Å². The predicted octanol–water partition coefficient (Wildman–Crippen LogP) is 5.36. The Hall–Kier alpha value is -2.79. The van der Waals surface area contributed by atoms with Gasteiger partial charge in [0.15, 0.2) is 11.5 Å². The number of benzene rings is 2. The first-order valence-electron chi connectivity index (χ1n) is 10.8. The number of ketones is 1. The summed E-state index contributed by atoms with van der Waals surface area (Å²) in [6, 6.07) is 13.2. The van der Waals surface area contributed by atoms with Crippen molar-refractivity contribution in [2.24, 2.45) is 5.92 Å². The number of hydrogen-bond acceptors (Lipinski definition) is 4. The maximum atomic E-state index is 13.3. The molecule has 1 heterocycles. The van der Waals surface area contributed by atoms with Crippen LogP contribution in [0.2, 0.25) is 5.02 Å². The second-order valence-corrected chi connectivity index (χ2v) is 8.78. The maximum Gasteiger partial charge on any atom is 0.294 e. The molecule has 6 heteroatoms. The Balaban J connectivity index is 1.63. The first-order chi connectivity index (χ1) is 15.0. The Kier molecular flexibility index (Phi) is 6.33. The minimum Gasteiger partial charge on any atom is -0.508 e. The van der Waals surface area contributed by atoms with Gasteiger partial charge in [0.2, 0.25) is 0 Å². The number of nitrogens with zero attached hydrogens (tertiary/aromatic N) is 1. The van der Waals surface area contributed by atoms with Gasteiger partial charge in [-0.05, 0) is 67.1 Å². The van der Waals surface area contributed by atoms with Gasteiger partial charge in [-0.2, -0.15) is 0 Å². The van der Waals surface area contributed by atoms with Gasteiger partial charge in [-0.25, -0.2) is 0 Å². The number of aryl methyl sites for hydroxylation is 1. The van der Waals surface area contributed by atoms with Gasteiger partial charge < -0.3 is 10.2 Å². The molecule has 2 aromatic rings. The summed E-state index contributed by atoms with van der Waals surface area (Å²) < 4.78 is 0. The molecule has 0 aromatic heterocycles. The van der Waals surface area contributed by atoms with E-state index >= 15 is 0 Å². The molecular formula is C25H26ClNO4. The Labute approximate surface area is 187 Å². The molecule has 2 N–H and O–H groups in total. The minimum absolute atomic E-state index is 0.130. The minimum atomic E-state index is -0.522. The highest BCUT2D eigenvalue weighted by Crippen LogP contribution is 2.41. The lowest BCUT2D eigenvalue weighted by atomic mass is 9.79. The third-order valence-corrected chi connectivity index (χ3v) is 6.58. The molecule has 0 saturated heterocycles. The molecule has 31 heavy (non-hydrogen) atoms. The number of carbonyl (C=O) groups is 2. The fraction of sp³-hybridized carbons (Fsp3) is 0.360. The summed E-state index contributed by atoms with van der Waals surface area (Å²) >= 11 is 6.02. The number of aliphatic hydroxyl groups excluding tert-OH is 1. The second-order valence-electron chi connectivity index (χ2n) is 8.35. The molecule has 1 aliphatic heterocycles. The van der Waals surface area contributed by atoms with E-state index in [9.17, 15) is 19.8 Å². The van der Waals surface area contributed by atoms with E-state index in [1.807, 2.05) is 0 Å². The fourth-order valence-electron chi connectivity index (χ4n) is 4.75. The number of aromatic hydroxyl groups is 1. The highest BCUT2D eigenvalue weighted by molar-refractivity contribution is 6.30. The summed E-state index contributed by atoms with van der Waals surface area (Å²) in [7, 11) is 0. The van der Waals surface area contributed by atoms with Crippen molar-refractivity contribution in [2.75, 3.05) is 4.90 Å². The summed E-state index contributed by atoms with van der Waals surface area (Å²) in [5.41, 5.74) is 1.79. The first-order valence-corrected chi connectivity index (χ1v) is 11.2. The van der Waals surface area contributed by atoms with Crippen LogP contribution in [0.5, 0.6) is 5.75 Å². The van der Waals surface area contributed by atoms with Crippen LogP contribution >= 0.6 is 11.6 Å². The van der Waals surface area contributed by atoms with Gasteiger partial charge in [0.1, 0.15) is 5.75 Å². The van der Waals surface area contributed by atoms with Crippen molar-refractivity contribution in [2.45, 2.75) is 51.0 Å². The Bertz CT molecular complexity index is 991. The summed E-state index contributed by atoms with van der Waals surface area (Å²) in [6.07, 6.45) is 5.77. The van der Waals surface area contributed by atoms with E-state index in [4.69, 9.17) is 11.6 Å². The van der Waals surface area contributed by atoms with Crippen LogP contribution in [0.25, 0.3) is 0 Å². The number of anilines is 1. The molecule has 0 bridgehead atoms. The molecule has 1 saturated carbocycles. The number of halogens is 1. The van der Waals surface area contributed by atoms with Crippen molar-refractivity contribution >= 4 is 29.0 Å². The first kappa shape index (κ1) is 21.4. The van der Waals surface area contributed by atoms with E-state index in [-0.39, 0.29) is 29.4 Å². The highest BCUT2D eigenvalue weighted by Gasteiger charge is 2.46. The zero-order valence-corrected chi connectivity index (χ0v) is 18.0. The molecule has 1 atom stereocenters. The van der Waals surface area contributed by atoms with Crippen LogP contribution in [0.1, 0.15) is 44.1 Å². The lowest BCUT2D eigenvalue weighted by molar-refractivity contribution is -0.118. The molecule has 4 rings (SSSR count). The van der Waals surface area contributed by atoms with Crippen LogP contribution in [0, 0.1) is 5.92 Å². The second kappa shape index (κ2) is 9.15. The topological polar surface area (TPSA) is 77.8 Å². The van der Waals surface area contributed by atoms with Gasteiger partial charge >= 0.3 is 0 Å². The van der Waals surface area contributed by atoms with Crippen LogP contribution in [-0.4, -0.2) is 27.9 Å². The largest absolute Gasteiger partial charge is 0.508 e. The van der Waals surface area contributed by atoms with Crippen LogP contribution < -0.4 is 4.90 Å².